The van der Waals surface area contributed by atoms with Crippen molar-refractivity contribution in [3.8, 4) is 11.3 Å². The first-order valence-corrected chi connectivity index (χ1v) is 5.20. The van der Waals surface area contributed by atoms with Crippen molar-refractivity contribution in [1.82, 2.24) is 9.97 Å². The molecule has 0 aliphatic heterocycles. The standard InChI is InChI=1S/C11H8ClN3O2/c1-7-6-10(14-11(12)13-7)8-2-4-9(5-3-8)15(16)17/h2-6H,1H3. The van der Waals surface area contributed by atoms with Crippen molar-refractivity contribution in [3.63, 3.8) is 0 Å². The summed E-state index contributed by atoms with van der Waals surface area (Å²) in [6.45, 7) is 1.81. The highest BCUT2D eigenvalue weighted by Crippen LogP contribution is 2.22. The molecule has 0 fully saturated rings. The van der Waals surface area contributed by atoms with Gasteiger partial charge < -0.3 is 0 Å². The van der Waals surface area contributed by atoms with E-state index in [1.54, 1.807) is 18.2 Å². The van der Waals surface area contributed by atoms with Crippen LogP contribution in [0.1, 0.15) is 5.69 Å². The summed E-state index contributed by atoms with van der Waals surface area (Å²) in [6, 6.07) is 7.90. The summed E-state index contributed by atoms with van der Waals surface area (Å²) in [5.74, 6) is 0. The SMILES string of the molecule is Cc1cc(-c2ccc([N+](=O)[O-])cc2)nc(Cl)n1. The minimum absolute atomic E-state index is 0.0469. The number of non-ortho nitro benzene ring substituents is 1. The first kappa shape index (κ1) is 11.5. The third kappa shape index (κ3) is 2.57. The lowest BCUT2D eigenvalue weighted by atomic mass is 10.1. The van der Waals surface area contributed by atoms with E-state index in [1.165, 1.54) is 12.1 Å². The molecule has 1 heterocycles. The minimum atomic E-state index is -0.442. The number of nitrogens with zero attached hydrogens (tertiary/aromatic N) is 3. The number of hydrogen-bond acceptors (Lipinski definition) is 4. The molecule has 2 aromatic rings. The number of hydrogen-bond donors (Lipinski definition) is 0. The van der Waals surface area contributed by atoms with Crippen molar-refractivity contribution in [2.75, 3.05) is 0 Å². The van der Waals surface area contributed by atoms with E-state index < -0.39 is 4.92 Å². The van der Waals surface area contributed by atoms with Gasteiger partial charge >= 0.3 is 0 Å². The van der Waals surface area contributed by atoms with Crippen molar-refractivity contribution in [2.24, 2.45) is 0 Å². The van der Waals surface area contributed by atoms with E-state index in [1.807, 2.05) is 6.92 Å². The quantitative estimate of drug-likeness (QED) is 0.466. The van der Waals surface area contributed by atoms with E-state index >= 15 is 0 Å². The van der Waals surface area contributed by atoms with Gasteiger partial charge in [0.05, 0.1) is 10.6 Å². The molecule has 0 N–H and O–H groups in total. The molecule has 2 rings (SSSR count). The smallest absolute Gasteiger partial charge is 0.258 e. The van der Waals surface area contributed by atoms with E-state index in [4.69, 9.17) is 11.6 Å². The van der Waals surface area contributed by atoms with Gasteiger partial charge in [-0.1, -0.05) is 0 Å². The summed E-state index contributed by atoms with van der Waals surface area (Å²) in [6.07, 6.45) is 0. The average molecular weight is 250 g/mol. The van der Waals surface area contributed by atoms with Crippen LogP contribution in [-0.2, 0) is 0 Å². The van der Waals surface area contributed by atoms with E-state index in [2.05, 4.69) is 9.97 Å². The van der Waals surface area contributed by atoms with Gasteiger partial charge in [-0.2, -0.15) is 0 Å². The van der Waals surface area contributed by atoms with Gasteiger partial charge in [-0.05, 0) is 36.7 Å². The Labute approximate surface area is 102 Å². The third-order valence-corrected chi connectivity index (χ3v) is 2.37. The molecule has 1 aromatic heterocycles. The number of rotatable bonds is 2. The van der Waals surface area contributed by atoms with Gasteiger partial charge in [0, 0.05) is 23.4 Å². The molecule has 0 aliphatic carbocycles. The maximum atomic E-state index is 10.5. The van der Waals surface area contributed by atoms with Crippen LogP contribution in [0.4, 0.5) is 5.69 Å². The molecule has 0 amide bonds. The van der Waals surface area contributed by atoms with Crippen molar-refractivity contribution in [2.45, 2.75) is 6.92 Å². The van der Waals surface area contributed by atoms with Crippen molar-refractivity contribution in [3.05, 3.63) is 51.4 Å². The molecule has 0 spiro atoms. The van der Waals surface area contributed by atoms with Crippen LogP contribution in [0, 0.1) is 17.0 Å². The molecule has 0 saturated carbocycles. The zero-order chi connectivity index (χ0) is 12.4. The monoisotopic (exact) mass is 249 g/mol. The number of nitro groups is 1. The number of aryl methyl sites for hydroxylation is 1. The fourth-order valence-corrected chi connectivity index (χ4v) is 1.66. The van der Waals surface area contributed by atoms with Gasteiger partial charge in [-0.15, -0.1) is 0 Å². The van der Waals surface area contributed by atoms with Crippen LogP contribution >= 0.6 is 11.6 Å². The highest BCUT2D eigenvalue weighted by molar-refractivity contribution is 6.28. The third-order valence-electron chi connectivity index (χ3n) is 2.20. The zero-order valence-corrected chi connectivity index (χ0v) is 9.68. The van der Waals surface area contributed by atoms with Gasteiger partial charge in [0.2, 0.25) is 5.28 Å². The fraction of sp³-hybridized carbons (Fsp3) is 0.0909. The van der Waals surface area contributed by atoms with Crippen LogP contribution in [0.2, 0.25) is 5.28 Å². The first-order chi connectivity index (χ1) is 8.06. The van der Waals surface area contributed by atoms with Crippen LogP contribution in [0.25, 0.3) is 11.3 Å². The fourth-order valence-electron chi connectivity index (χ4n) is 1.43. The van der Waals surface area contributed by atoms with Crippen LogP contribution in [0.3, 0.4) is 0 Å². The van der Waals surface area contributed by atoms with E-state index in [9.17, 15) is 10.1 Å². The summed E-state index contributed by atoms with van der Waals surface area (Å²) in [5, 5.41) is 10.7. The van der Waals surface area contributed by atoms with Gasteiger partial charge in [-0.25, -0.2) is 9.97 Å². The maximum absolute atomic E-state index is 10.5. The summed E-state index contributed by atoms with van der Waals surface area (Å²) in [7, 11) is 0. The van der Waals surface area contributed by atoms with Gasteiger partial charge in [0.25, 0.3) is 5.69 Å². The number of aromatic nitrogens is 2. The predicted molar refractivity (Wildman–Crippen MR) is 63.9 cm³/mol. The second-order valence-corrected chi connectivity index (χ2v) is 3.81. The highest BCUT2D eigenvalue weighted by Gasteiger charge is 2.07. The van der Waals surface area contributed by atoms with Crippen molar-refractivity contribution in [1.29, 1.82) is 0 Å². The lowest BCUT2D eigenvalue weighted by Gasteiger charge is -2.02. The van der Waals surface area contributed by atoms with Gasteiger partial charge in [0.15, 0.2) is 0 Å². The molecule has 1 aromatic carbocycles. The van der Waals surface area contributed by atoms with Crippen LogP contribution in [-0.4, -0.2) is 14.9 Å². The Bertz CT molecular complexity index is 549. The molecule has 0 unspecified atom stereocenters. The zero-order valence-electron chi connectivity index (χ0n) is 8.92. The molecule has 0 bridgehead atoms. The minimum Gasteiger partial charge on any atom is -0.258 e. The molecule has 0 aliphatic rings. The molecule has 6 heteroatoms. The Morgan fingerprint density at radius 2 is 1.88 bits per heavy atom. The normalized spacial score (nSPS) is 10.2. The molecule has 0 saturated heterocycles. The van der Waals surface area contributed by atoms with E-state index in [0.29, 0.717) is 5.69 Å². The Kier molecular flexibility index (Phi) is 3.01. The van der Waals surface area contributed by atoms with E-state index in [0.717, 1.165) is 11.3 Å². The summed E-state index contributed by atoms with van der Waals surface area (Å²) in [5.41, 5.74) is 2.21. The Balaban J connectivity index is 2.43. The second kappa shape index (κ2) is 4.47. The lowest BCUT2D eigenvalue weighted by Crippen LogP contribution is -1.91. The highest BCUT2D eigenvalue weighted by atomic mass is 35.5. The molecule has 86 valence electrons. The topological polar surface area (TPSA) is 68.9 Å². The Morgan fingerprint density at radius 1 is 1.24 bits per heavy atom. The number of halogens is 1. The summed E-state index contributed by atoms with van der Waals surface area (Å²) in [4.78, 5) is 18.1. The Morgan fingerprint density at radius 3 is 2.41 bits per heavy atom. The van der Waals surface area contributed by atoms with Gasteiger partial charge in [0.1, 0.15) is 0 Å². The average Bonchev–Trinajstić information content (AvgIpc) is 2.28. The predicted octanol–water partition coefficient (Wildman–Crippen LogP) is 3.01. The summed E-state index contributed by atoms with van der Waals surface area (Å²) >= 11 is 5.75. The van der Waals surface area contributed by atoms with Crippen LogP contribution < -0.4 is 0 Å². The van der Waals surface area contributed by atoms with E-state index in [-0.39, 0.29) is 11.0 Å². The molecular weight excluding hydrogens is 242 g/mol. The number of benzene rings is 1. The van der Waals surface area contributed by atoms with Crippen molar-refractivity contribution >= 4 is 17.3 Å². The largest absolute Gasteiger partial charge is 0.269 e. The second-order valence-electron chi connectivity index (χ2n) is 3.47. The molecule has 0 radical (unpaired) electrons. The Hall–Kier alpha value is -2.01. The summed E-state index contributed by atoms with van der Waals surface area (Å²) < 4.78 is 0. The lowest BCUT2D eigenvalue weighted by molar-refractivity contribution is -0.384. The molecule has 17 heavy (non-hydrogen) atoms. The van der Waals surface area contributed by atoms with Crippen LogP contribution in [0.5, 0.6) is 0 Å². The van der Waals surface area contributed by atoms with Crippen LogP contribution in [0.15, 0.2) is 30.3 Å². The molecule has 5 nitrogen and oxygen atoms in total. The number of nitro benzene ring substituents is 1. The first-order valence-electron chi connectivity index (χ1n) is 4.82. The van der Waals surface area contributed by atoms with Gasteiger partial charge in [-0.3, -0.25) is 10.1 Å². The maximum Gasteiger partial charge on any atom is 0.269 e. The molecule has 0 atom stereocenters. The molecular formula is C11H8ClN3O2. The van der Waals surface area contributed by atoms with Crippen molar-refractivity contribution < 1.29 is 4.92 Å².